The number of halogens is 6. The lowest BCUT2D eigenvalue weighted by molar-refractivity contribution is -0.148. The second-order valence-electron chi connectivity index (χ2n) is 8.51. The van der Waals surface area contributed by atoms with Crippen molar-refractivity contribution < 1.29 is 41.0 Å². The van der Waals surface area contributed by atoms with E-state index in [4.69, 9.17) is 10.8 Å². The molecule has 0 fully saturated rings. The maximum absolute atomic E-state index is 13.7. The Hall–Kier alpha value is -4.20. The van der Waals surface area contributed by atoms with E-state index in [1.54, 1.807) is 6.08 Å². The summed E-state index contributed by atoms with van der Waals surface area (Å²) in [4.78, 5) is 23.7. The number of carboxylic acids is 1. The van der Waals surface area contributed by atoms with Crippen LogP contribution in [0.2, 0.25) is 0 Å². The Balaban J connectivity index is 0.000000320. The predicted octanol–water partition coefficient (Wildman–Crippen LogP) is 3.80. The second kappa shape index (κ2) is 12.6. The summed E-state index contributed by atoms with van der Waals surface area (Å²) in [7, 11) is 0. The number of hydrogen-bond acceptors (Lipinski definition) is 5. The summed E-state index contributed by atoms with van der Waals surface area (Å²) in [5.41, 5.74) is 6.54. The van der Waals surface area contributed by atoms with Gasteiger partial charge in [-0.25, -0.2) is 18.0 Å². The second-order valence-corrected chi connectivity index (χ2v) is 8.51. The molecule has 1 aliphatic heterocycles. The van der Waals surface area contributed by atoms with Gasteiger partial charge in [-0.05, 0) is 29.7 Å². The van der Waals surface area contributed by atoms with Gasteiger partial charge in [0.1, 0.15) is 5.82 Å². The van der Waals surface area contributed by atoms with Crippen LogP contribution in [0, 0.1) is 17.5 Å². The highest BCUT2D eigenvalue weighted by atomic mass is 19.4. The summed E-state index contributed by atoms with van der Waals surface area (Å²) in [6.45, 7) is -0.302. The third kappa shape index (κ3) is 8.14. The molecule has 0 saturated heterocycles. The number of carbonyl (C=O) groups excluding carboxylic acids is 1. The van der Waals surface area contributed by atoms with Crippen LogP contribution in [-0.2, 0) is 35.3 Å². The fraction of sp³-hybridized carbons (Fsp3) is 0.280. The van der Waals surface area contributed by atoms with Crippen molar-refractivity contribution in [1.82, 2.24) is 19.7 Å². The van der Waals surface area contributed by atoms with Gasteiger partial charge in [0.15, 0.2) is 17.5 Å². The molecule has 39 heavy (non-hydrogen) atoms. The van der Waals surface area contributed by atoms with Crippen LogP contribution in [0.1, 0.15) is 29.2 Å². The van der Waals surface area contributed by atoms with E-state index in [1.807, 2.05) is 30.3 Å². The lowest BCUT2D eigenvalue weighted by Gasteiger charge is -2.29. The summed E-state index contributed by atoms with van der Waals surface area (Å²) in [6, 6.07) is 9.49. The fourth-order valence-corrected chi connectivity index (χ4v) is 3.74. The monoisotopic (exact) mass is 555 g/mol. The van der Waals surface area contributed by atoms with Crippen LogP contribution < -0.4 is 5.73 Å². The van der Waals surface area contributed by atoms with Crippen molar-refractivity contribution in [2.24, 2.45) is 5.73 Å². The van der Waals surface area contributed by atoms with E-state index in [0.717, 1.165) is 16.2 Å². The number of amides is 1. The van der Waals surface area contributed by atoms with E-state index in [1.165, 1.54) is 4.90 Å². The zero-order chi connectivity index (χ0) is 28.7. The van der Waals surface area contributed by atoms with Gasteiger partial charge in [-0.3, -0.25) is 4.79 Å². The number of carboxylic acid groups (broad SMARTS) is 1. The molecule has 208 valence electrons. The van der Waals surface area contributed by atoms with Gasteiger partial charge in [0.25, 0.3) is 0 Å². The molecule has 14 heteroatoms. The lowest BCUT2D eigenvalue weighted by atomic mass is 10.0. The first-order valence-corrected chi connectivity index (χ1v) is 11.5. The van der Waals surface area contributed by atoms with E-state index in [9.17, 15) is 35.9 Å². The number of aromatic nitrogens is 3. The van der Waals surface area contributed by atoms with Crippen molar-refractivity contribution in [3.05, 3.63) is 88.8 Å². The molecule has 1 atom stereocenters. The molecule has 3 aromatic rings. The minimum absolute atomic E-state index is 0.000783. The molecule has 0 unspecified atom stereocenters. The SMILES string of the molecule is N[C@@H](CC(=O)N1CCn2c(nnc2C(F)(F)F)C1)Cc1cc(F)c(F)cc1F.O=C(O)/C=C/c1ccccc1. The predicted molar refractivity (Wildman–Crippen MR) is 126 cm³/mol. The molecule has 1 amide bonds. The van der Waals surface area contributed by atoms with Crippen molar-refractivity contribution in [3.63, 3.8) is 0 Å². The molecule has 0 spiro atoms. The van der Waals surface area contributed by atoms with Crippen LogP contribution >= 0.6 is 0 Å². The third-order valence-electron chi connectivity index (χ3n) is 5.59. The van der Waals surface area contributed by atoms with Crippen molar-refractivity contribution >= 4 is 18.0 Å². The van der Waals surface area contributed by atoms with Crippen molar-refractivity contribution in [2.45, 2.75) is 38.1 Å². The summed E-state index contributed by atoms with van der Waals surface area (Å²) >= 11 is 0. The van der Waals surface area contributed by atoms with Crippen LogP contribution in [0.4, 0.5) is 26.3 Å². The normalized spacial score (nSPS) is 14.0. The number of benzene rings is 2. The maximum Gasteiger partial charge on any atom is 0.451 e. The first kappa shape index (κ1) is 29.4. The number of nitrogens with zero attached hydrogens (tertiary/aromatic N) is 4. The Morgan fingerprint density at radius 3 is 2.33 bits per heavy atom. The number of rotatable bonds is 6. The molecular formula is C25H23F6N5O3. The molecular weight excluding hydrogens is 532 g/mol. The van der Waals surface area contributed by atoms with E-state index >= 15 is 0 Å². The van der Waals surface area contributed by atoms with Crippen LogP contribution in [0.5, 0.6) is 0 Å². The van der Waals surface area contributed by atoms with Crippen LogP contribution in [0.3, 0.4) is 0 Å². The summed E-state index contributed by atoms with van der Waals surface area (Å²) < 4.78 is 79.3. The number of alkyl halides is 3. The maximum atomic E-state index is 13.7. The molecule has 3 N–H and O–H groups in total. The zero-order valence-electron chi connectivity index (χ0n) is 20.2. The molecule has 0 bridgehead atoms. The van der Waals surface area contributed by atoms with Gasteiger partial charge in [-0.1, -0.05) is 30.3 Å². The lowest BCUT2D eigenvalue weighted by Crippen LogP contribution is -2.42. The Bertz CT molecular complexity index is 1340. The fourth-order valence-electron chi connectivity index (χ4n) is 3.74. The van der Waals surface area contributed by atoms with E-state index in [0.29, 0.717) is 12.1 Å². The molecule has 8 nitrogen and oxygen atoms in total. The average molecular weight is 555 g/mol. The minimum atomic E-state index is -4.64. The molecule has 2 aromatic carbocycles. The zero-order valence-corrected chi connectivity index (χ0v) is 20.2. The van der Waals surface area contributed by atoms with Crippen LogP contribution in [0.15, 0.2) is 48.5 Å². The standard InChI is InChI=1S/C16H15F6N5O.C9H8O2/c17-10-6-12(19)11(18)4-8(10)3-9(23)5-14(28)26-1-2-27-13(7-26)24-25-15(27)16(20,21)22;10-9(11)7-6-8-4-2-1-3-5-8/h4,6,9H,1-3,5,7,23H2;1-7H,(H,10,11)/b;7-6+/t9-;/m1./s1. The molecule has 4 rings (SSSR count). The molecule has 0 radical (unpaired) electrons. The molecule has 0 aliphatic carbocycles. The number of nitrogens with two attached hydrogens (primary N) is 1. The minimum Gasteiger partial charge on any atom is -0.478 e. The van der Waals surface area contributed by atoms with Crippen LogP contribution in [0.25, 0.3) is 6.08 Å². The smallest absolute Gasteiger partial charge is 0.451 e. The third-order valence-corrected chi connectivity index (χ3v) is 5.59. The van der Waals surface area contributed by atoms with Crippen molar-refractivity contribution in [1.29, 1.82) is 0 Å². The molecule has 2 heterocycles. The summed E-state index contributed by atoms with van der Waals surface area (Å²) in [5, 5.41) is 14.9. The Morgan fingerprint density at radius 1 is 1.03 bits per heavy atom. The highest BCUT2D eigenvalue weighted by Gasteiger charge is 2.40. The molecule has 0 saturated carbocycles. The van der Waals surface area contributed by atoms with Crippen molar-refractivity contribution in [3.8, 4) is 0 Å². The first-order valence-electron chi connectivity index (χ1n) is 11.5. The number of aliphatic carboxylic acids is 1. The van der Waals surface area contributed by atoms with E-state index in [-0.39, 0.29) is 43.9 Å². The number of fused-ring (bicyclic) bond motifs is 1. The molecule has 1 aliphatic rings. The topological polar surface area (TPSA) is 114 Å². The van der Waals surface area contributed by atoms with Gasteiger partial charge < -0.3 is 20.3 Å². The van der Waals surface area contributed by atoms with Gasteiger partial charge in [-0.15, -0.1) is 10.2 Å². The van der Waals surface area contributed by atoms with Crippen molar-refractivity contribution in [2.75, 3.05) is 6.54 Å². The molecule has 1 aromatic heterocycles. The first-order chi connectivity index (χ1) is 18.3. The Labute approximate surface area is 218 Å². The van der Waals surface area contributed by atoms with Gasteiger partial charge in [0.05, 0.1) is 6.54 Å². The number of carbonyl (C=O) groups is 2. The highest BCUT2D eigenvalue weighted by molar-refractivity contribution is 5.85. The van der Waals surface area contributed by atoms with E-state index < -0.39 is 47.4 Å². The quantitative estimate of drug-likeness (QED) is 0.272. The Kier molecular flexibility index (Phi) is 9.46. The van der Waals surface area contributed by atoms with Gasteiger partial charge >= 0.3 is 12.1 Å². The van der Waals surface area contributed by atoms with Gasteiger partial charge in [0.2, 0.25) is 11.7 Å². The summed E-state index contributed by atoms with van der Waals surface area (Å²) in [5.74, 6) is -6.07. The van der Waals surface area contributed by atoms with E-state index in [2.05, 4.69) is 10.2 Å². The van der Waals surface area contributed by atoms with Crippen LogP contribution in [-0.4, -0.2) is 49.2 Å². The largest absolute Gasteiger partial charge is 0.478 e. The summed E-state index contributed by atoms with van der Waals surface area (Å²) in [6.07, 6.45) is -2.43. The Morgan fingerprint density at radius 2 is 1.69 bits per heavy atom. The van der Waals surface area contributed by atoms with Gasteiger partial charge in [-0.2, -0.15) is 13.2 Å². The average Bonchev–Trinajstić information content (AvgIpc) is 3.31. The highest BCUT2D eigenvalue weighted by Crippen LogP contribution is 2.29. The van der Waals surface area contributed by atoms with Gasteiger partial charge in [0, 0.05) is 37.7 Å². The number of hydrogen-bond donors (Lipinski definition) is 2.